The van der Waals surface area contributed by atoms with Crippen LogP contribution in [0.3, 0.4) is 0 Å². The molecule has 0 radical (unpaired) electrons. The molecule has 1 unspecified atom stereocenters. The topological polar surface area (TPSA) is 27.7 Å². The first-order chi connectivity index (χ1) is 6.66. The van der Waals surface area contributed by atoms with Crippen molar-refractivity contribution in [3.8, 4) is 0 Å². The molecule has 0 aliphatic carbocycles. The summed E-state index contributed by atoms with van der Waals surface area (Å²) in [7, 11) is -2.48. The minimum Gasteiger partial charge on any atom is -0.373 e. The molecule has 0 aromatic rings. The van der Waals surface area contributed by atoms with Crippen LogP contribution in [0.2, 0.25) is 0 Å². The van der Waals surface area contributed by atoms with Crippen molar-refractivity contribution in [2.24, 2.45) is 0 Å². The summed E-state index contributed by atoms with van der Waals surface area (Å²) in [6.45, 7) is 9.90. The highest BCUT2D eigenvalue weighted by Crippen LogP contribution is 2.23. The molecule has 0 aliphatic rings. The molecule has 0 aromatic heterocycles. The first-order valence-corrected chi connectivity index (χ1v) is 7.94. The quantitative estimate of drug-likeness (QED) is 0.507. The fourth-order valence-corrected chi connectivity index (χ4v) is 4.94. The van der Waals surface area contributed by atoms with Crippen LogP contribution in [0.1, 0.15) is 34.1 Å². The van der Waals surface area contributed by atoms with Gasteiger partial charge in [0.15, 0.2) is 0 Å². The van der Waals surface area contributed by atoms with Crippen molar-refractivity contribution in [1.29, 1.82) is 0 Å². The molecule has 0 spiro atoms. The fraction of sp³-hybridized carbons (Fsp3) is 1.00. The first-order valence-electron chi connectivity index (χ1n) is 5.22. The van der Waals surface area contributed by atoms with Crippen molar-refractivity contribution in [2.75, 3.05) is 19.8 Å². The summed E-state index contributed by atoms with van der Waals surface area (Å²) in [5.74, 6) is 0. The predicted octanol–water partition coefficient (Wildman–Crippen LogP) is 2.75. The highest BCUT2D eigenvalue weighted by atomic mass is 79.9. The van der Waals surface area contributed by atoms with Gasteiger partial charge in [0.1, 0.15) is 0 Å². The number of alkyl halides is 1. The van der Waals surface area contributed by atoms with Crippen molar-refractivity contribution in [2.45, 2.75) is 38.6 Å². The Hall–Kier alpha value is 0.577. The number of halogens is 1. The van der Waals surface area contributed by atoms with Crippen LogP contribution in [0.25, 0.3) is 0 Å². The Morgan fingerprint density at radius 2 is 1.29 bits per heavy atom. The van der Waals surface area contributed by atoms with Gasteiger partial charge in [-0.1, -0.05) is 22.9 Å². The largest absolute Gasteiger partial charge is 0.515 e. The predicted molar refractivity (Wildman–Crippen MR) is 63.6 cm³/mol. The van der Waals surface area contributed by atoms with E-state index in [1.165, 1.54) is 0 Å². The number of hydrogen-bond donors (Lipinski definition) is 0. The lowest BCUT2D eigenvalue weighted by Crippen LogP contribution is -2.54. The maximum Gasteiger partial charge on any atom is 0.515 e. The van der Waals surface area contributed by atoms with Crippen LogP contribution in [0, 0.1) is 0 Å². The number of hydrogen-bond acceptors (Lipinski definition) is 3. The van der Waals surface area contributed by atoms with Gasteiger partial charge in [0.2, 0.25) is 0 Å². The van der Waals surface area contributed by atoms with Gasteiger partial charge < -0.3 is 13.3 Å². The third-order valence-corrected chi connectivity index (χ3v) is 7.36. The molecule has 14 heavy (non-hydrogen) atoms. The lowest BCUT2D eigenvalue weighted by Gasteiger charge is -2.31. The van der Waals surface area contributed by atoms with E-state index in [1.54, 1.807) is 0 Å². The SMILES string of the molecule is CCO[Si](OCC)(OCC)C(Br)CC. The van der Waals surface area contributed by atoms with E-state index in [0.717, 1.165) is 6.42 Å². The number of rotatable bonds is 8. The minimum atomic E-state index is -2.48. The smallest absolute Gasteiger partial charge is 0.373 e. The van der Waals surface area contributed by atoms with Gasteiger partial charge in [-0.05, 0) is 27.2 Å². The van der Waals surface area contributed by atoms with Crippen LogP contribution in [0.4, 0.5) is 0 Å². The van der Waals surface area contributed by atoms with Crippen molar-refractivity contribution in [1.82, 2.24) is 0 Å². The normalized spacial score (nSPS) is 14.4. The summed E-state index contributed by atoms with van der Waals surface area (Å²) in [6, 6.07) is 0. The van der Waals surface area contributed by atoms with Crippen molar-refractivity contribution < 1.29 is 13.3 Å². The molecule has 0 N–H and O–H groups in total. The van der Waals surface area contributed by atoms with Gasteiger partial charge in [-0.3, -0.25) is 0 Å². The molecule has 5 heteroatoms. The summed E-state index contributed by atoms with van der Waals surface area (Å²) < 4.78 is 17.3. The fourth-order valence-electron chi connectivity index (χ4n) is 1.25. The van der Waals surface area contributed by atoms with Crippen molar-refractivity contribution >= 4 is 24.7 Å². The van der Waals surface area contributed by atoms with Gasteiger partial charge in [0, 0.05) is 19.8 Å². The molecular formula is C9H21BrO3Si. The minimum absolute atomic E-state index is 0.190. The Morgan fingerprint density at radius 1 is 0.929 bits per heavy atom. The Morgan fingerprint density at radius 3 is 1.50 bits per heavy atom. The summed E-state index contributed by atoms with van der Waals surface area (Å²) >= 11 is 3.59. The van der Waals surface area contributed by atoms with Crippen LogP contribution in [0.15, 0.2) is 0 Å². The lowest BCUT2D eigenvalue weighted by molar-refractivity contribution is 0.0698. The van der Waals surface area contributed by atoms with E-state index in [9.17, 15) is 0 Å². The first kappa shape index (κ1) is 14.6. The monoisotopic (exact) mass is 284 g/mol. The summed E-state index contributed by atoms with van der Waals surface area (Å²) in [5, 5.41) is 0. The molecule has 0 bridgehead atoms. The van der Waals surface area contributed by atoms with Gasteiger partial charge in [-0.15, -0.1) is 0 Å². The average Bonchev–Trinajstić information content (AvgIpc) is 2.17. The van der Waals surface area contributed by atoms with Crippen LogP contribution >= 0.6 is 15.9 Å². The molecule has 0 heterocycles. The van der Waals surface area contributed by atoms with Crippen LogP contribution in [-0.2, 0) is 13.3 Å². The summed E-state index contributed by atoms with van der Waals surface area (Å²) in [6.07, 6.45) is 0.951. The summed E-state index contributed by atoms with van der Waals surface area (Å²) in [5.41, 5.74) is 0. The highest BCUT2D eigenvalue weighted by molar-refractivity contribution is 9.10. The van der Waals surface area contributed by atoms with Gasteiger partial charge in [0.25, 0.3) is 0 Å². The zero-order valence-corrected chi connectivity index (χ0v) is 12.1. The van der Waals surface area contributed by atoms with Gasteiger partial charge in [0.05, 0.1) is 4.45 Å². The molecular weight excluding hydrogens is 264 g/mol. The second-order valence-electron chi connectivity index (χ2n) is 2.78. The van der Waals surface area contributed by atoms with Crippen molar-refractivity contribution in [3.05, 3.63) is 0 Å². The van der Waals surface area contributed by atoms with E-state index in [-0.39, 0.29) is 4.45 Å². The molecule has 86 valence electrons. The second kappa shape index (κ2) is 7.82. The highest BCUT2D eigenvalue weighted by Gasteiger charge is 2.47. The molecule has 0 saturated heterocycles. The standard InChI is InChI=1S/C9H21BrO3Si/c1-5-9(10)14(11-6-2,12-7-3)13-8-4/h9H,5-8H2,1-4H3. The Balaban J connectivity index is 4.53. The summed E-state index contributed by atoms with van der Waals surface area (Å²) in [4.78, 5) is 0. The average molecular weight is 285 g/mol. The van der Waals surface area contributed by atoms with Gasteiger partial charge in [-0.25, -0.2) is 0 Å². The molecule has 1 atom stereocenters. The van der Waals surface area contributed by atoms with Gasteiger partial charge >= 0.3 is 8.80 Å². The van der Waals surface area contributed by atoms with E-state index in [0.29, 0.717) is 19.8 Å². The van der Waals surface area contributed by atoms with Crippen LogP contribution in [0.5, 0.6) is 0 Å². The van der Waals surface area contributed by atoms with E-state index >= 15 is 0 Å². The van der Waals surface area contributed by atoms with E-state index in [4.69, 9.17) is 13.3 Å². The van der Waals surface area contributed by atoms with E-state index in [2.05, 4.69) is 22.9 Å². The molecule has 3 nitrogen and oxygen atoms in total. The molecule has 0 aliphatic heterocycles. The Labute approximate surface area is 96.6 Å². The third kappa shape index (κ3) is 3.98. The van der Waals surface area contributed by atoms with Crippen LogP contribution in [-0.4, -0.2) is 33.1 Å². The van der Waals surface area contributed by atoms with E-state index in [1.807, 2.05) is 20.8 Å². The van der Waals surface area contributed by atoms with Crippen molar-refractivity contribution in [3.63, 3.8) is 0 Å². The Kier molecular flexibility index (Phi) is 8.14. The molecule has 0 aromatic carbocycles. The van der Waals surface area contributed by atoms with Crippen LogP contribution < -0.4 is 0 Å². The maximum atomic E-state index is 5.71. The van der Waals surface area contributed by atoms with Gasteiger partial charge in [-0.2, -0.15) is 0 Å². The second-order valence-corrected chi connectivity index (χ2v) is 7.50. The maximum absolute atomic E-state index is 5.71. The molecule has 0 amide bonds. The lowest BCUT2D eigenvalue weighted by atomic mass is 10.6. The zero-order valence-electron chi connectivity index (χ0n) is 9.51. The van der Waals surface area contributed by atoms with E-state index < -0.39 is 8.80 Å². The zero-order chi connectivity index (χ0) is 11.0. The molecule has 0 fully saturated rings. The third-order valence-electron chi connectivity index (χ3n) is 1.78. The molecule has 0 saturated carbocycles. The molecule has 0 rings (SSSR count). The Bertz CT molecular complexity index is 129.